The van der Waals surface area contributed by atoms with Crippen molar-refractivity contribution >= 4 is 26.8 Å². The third kappa shape index (κ3) is 4.73. The van der Waals surface area contributed by atoms with E-state index in [1.54, 1.807) is 19.1 Å². The lowest BCUT2D eigenvalue weighted by Gasteiger charge is -2.30. The van der Waals surface area contributed by atoms with Crippen molar-refractivity contribution in [2.24, 2.45) is 5.92 Å². The van der Waals surface area contributed by atoms with Crippen molar-refractivity contribution in [1.29, 1.82) is 0 Å². The summed E-state index contributed by atoms with van der Waals surface area (Å²) in [5, 5.41) is 1.46. The van der Waals surface area contributed by atoms with Crippen LogP contribution in [0.25, 0.3) is 10.8 Å². The van der Waals surface area contributed by atoms with Crippen molar-refractivity contribution in [1.82, 2.24) is 4.31 Å². The number of rotatable bonds is 8. The molecule has 0 aliphatic carbocycles. The van der Waals surface area contributed by atoms with Crippen molar-refractivity contribution in [2.75, 3.05) is 26.3 Å². The average Bonchev–Trinajstić information content (AvgIpc) is 2.74. The number of ether oxygens (including phenoxy) is 2. The number of esters is 1. The predicted octanol–water partition coefficient (Wildman–Crippen LogP) is 3.98. The number of hydrogen-bond donors (Lipinski definition) is 0. The summed E-state index contributed by atoms with van der Waals surface area (Å²) in [6.45, 7) is 5.45. The third-order valence-electron chi connectivity index (χ3n) is 5.29. The van der Waals surface area contributed by atoms with Crippen LogP contribution in [-0.4, -0.2) is 45.0 Å². The third-order valence-corrected chi connectivity index (χ3v) is 7.25. The highest BCUT2D eigenvalue weighted by atomic mass is 32.2. The number of hydrogen-bond acceptors (Lipinski definition) is 5. The van der Waals surface area contributed by atoms with E-state index < -0.39 is 10.0 Å². The molecule has 0 spiro atoms. The molecule has 2 aromatic carbocycles. The molecule has 0 N–H and O–H groups in total. The fourth-order valence-corrected chi connectivity index (χ4v) is 5.32. The topological polar surface area (TPSA) is 72.9 Å². The van der Waals surface area contributed by atoms with E-state index >= 15 is 0 Å². The number of sulfonamides is 1. The molecule has 1 heterocycles. The van der Waals surface area contributed by atoms with E-state index in [4.69, 9.17) is 9.47 Å². The SMILES string of the molecule is CCCCOc1ccc(S(=O)(=O)N2CCC(C(=O)OCC)CC2)c2ccccc12. The minimum Gasteiger partial charge on any atom is -0.493 e. The van der Waals surface area contributed by atoms with E-state index in [0.717, 1.165) is 18.2 Å². The second kappa shape index (κ2) is 9.59. The van der Waals surface area contributed by atoms with Gasteiger partial charge in [-0.15, -0.1) is 0 Å². The van der Waals surface area contributed by atoms with Gasteiger partial charge in [0.25, 0.3) is 0 Å². The molecule has 0 bridgehead atoms. The van der Waals surface area contributed by atoms with Crippen LogP contribution < -0.4 is 4.74 Å². The first-order valence-corrected chi connectivity index (χ1v) is 11.7. The zero-order valence-corrected chi connectivity index (χ0v) is 17.9. The van der Waals surface area contributed by atoms with Crippen molar-refractivity contribution in [3.63, 3.8) is 0 Å². The van der Waals surface area contributed by atoms with Gasteiger partial charge in [0.1, 0.15) is 5.75 Å². The quantitative estimate of drug-likeness (QED) is 0.478. The fraction of sp³-hybridized carbons (Fsp3) is 0.500. The molecule has 1 saturated heterocycles. The summed E-state index contributed by atoms with van der Waals surface area (Å²) in [6.07, 6.45) is 2.94. The molecule has 7 heteroatoms. The Balaban J connectivity index is 1.84. The predicted molar refractivity (Wildman–Crippen MR) is 112 cm³/mol. The van der Waals surface area contributed by atoms with E-state index in [0.29, 0.717) is 50.3 Å². The summed E-state index contributed by atoms with van der Waals surface area (Å²) in [6, 6.07) is 10.8. The number of carbonyl (C=O) groups excluding carboxylic acids is 1. The Hall–Kier alpha value is -2.12. The Morgan fingerprint density at radius 2 is 1.76 bits per heavy atom. The monoisotopic (exact) mass is 419 g/mol. The summed E-state index contributed by atoms with van der Waals surface area (Å²) in [4.78, 5) is 12.2. The number of carbonyl (C=O) groups is 1. The van der Waals surface area contributed by atoms with Gasteiger partial charge in [-0.1, -0.05) is 37.6 Å². The van der Waals surface area contributed by atoms with Gasteiger partial charge in [-0.05, 0) is 38.3 Å². The van der Waals surface area contributed by atoms with Gasteiger partial charge in [0.15, 0.2) is 0 Å². The van der Waals surface area contributed by atoms with Gasteiger partial charge in [0.05, 0.1) is 24.0 Å². The Morgan fingerprint density at radius 1 is 1.07 bits per heavy atom. The maximum Gasteiger partial charge on any atom is 0.309 e. The van der Waals surface area contributed by atoms with Crippen molar-refractivity contribution in [3.05, 3.63) is 36.4 Å². The molecule has 0 atom stereocenters. The van der Waals surface area contributed by atoms with E-state index in [2.05, 4.69) is 6.92 Å². The maximum absolute atomic E-state index is 13.3. The molecule has 0 saturated carbocycles. The zero-order chi connectivity index (χ0) is 20.9. The van der Waals surface area contributed by atoms with Crippen LogP contribution in [0.2, 0.25) is 0 Å². The van der Waals surface area contributed by atoms with Crippen LogP contribution in [0.4, 0.5) is 0 Å². The maximum atomic E-state index is 13.3. The average molecular weight is 420 g/mol. The van der Waals surface area contributed by atoms with E-state index in [-0.39, 0.29) is 16.8 Å². The lowest BCUT2D eigenvalue weighted by Crippen LogP contribution is -2.40. The van der Waals surface area contributed by atoms with E-state index in [1.807, 2.05) is 24.3 Å². The van der Waals surface area contributed by atoms with Crippen LogP contribution in [0, 0.1) is 5.92 Å². The highest BCUT2D eigenvalue weighted by Gasteiger charge is 2.33. The van der Waals surface area contributed by atoms with Crippen LogP contribution >= 0.6 is 0 Å². The second-order valence-electron chi connectivity index (χ2n) is 7.24. The summed E-state index contributed by atoms with van der Waals surface area (Å²) in [5.41, 5.74) is 0. The van der Waals surface area contributed by atoms with Crippen molar-refractivity contribution in [2.45, 2.75) is 44.4 Å². The first kappa shape index (κ1) is 21.6. The van der Waals surface area contributed by atoms with Gasteiger partial charge >= 0.3 is 5.97 Å². The fourth-order valence-electron chi connectivity index (χ4n) is 3.65. The molecule has 0 aromatic heterocycles. The Bertz CT molecular complexity index is 949. The molecule has 29 heavy (non-hydrogen) atoms. The molecule has 1 fully saturated rings. The molecule has 3 rings (SSSR count). The Kier molecular flexibility index (Phi) is 7.14. The second-order valence-corrected chi connectivity index (χ2v) is 9.15. The molecule has 1 aliphatic heterocycles. The standard InChI is InChI=1S/C22H29NO5S/c1-3-5-16-28-20-10-11-21(19-9-7-6-8-18(19)20)29(25,26)23-14-12-17(13-15-23)22(24)27-4-2/h6-11,17H,3-5,12-16H2,1-2H3. The van der Waals surface area contributed by atoms with Crippen molar-refractivity contribution in [3.8, 4) is 5.75 Å². The van der Waals surface area contributed by atoms with Crippen LogP contribution in [0.3, 0.4) is 0 Å². The van der Waals surface area contributed by atoms with Crippen molar-refractivity contribution < 1.29 is 22.7 Å². The molecule has 6 nitrogen and oxygen atoms in total. The molecule has 1 aliphatic rings. The smallest absolute Gasteiger partial charge is 0.309 e. The largest absolute Gasteiger partial charge is 0.493 e. The molecule has 0 unspecified atom stereocenters. The van der Waals surface area contributed by atoms with Gasteiger partial charge in [0.2, 0.25) is 10.0 Å². The van der Waals surface area contributed by atoms with Crippen LogP contribution in [0.5, 0.6) is 5.75 Å². The van der Waals surface area contributed by atoms with E-state index in [9.17, 15) is 13.2 Å². The normalized spacial score (nSPS) is 16.1. The Labute approximate surface area is 172 Å². The summed E-state index contributed by atoms with van der Waals surface area (Å²) in [7, 11) is -3.67. The number of nitrogens with zero attached hydrogens (tertiary/aromatic N) is 1. The van der Waals surface area contributed by atoms with Gasteiger partial charge < -0.3 is 9.47 Å². The molecular weight excluding hydrogens is 390 g/mol. The Morgan fingerprint density at radius 3 is 2.41 bits per heavy atom. The number of benzene rings is 2. The first-order valence-electron chi connectivity index (χ1n) is 10.3. The summed E-state index contributed by atoms with van der Waals surface area (Å²) >= 11 is 0. The minimum atomic E-state index is -3.67. The highest BCUT2D eigenvalue weighted by Crippen LogP contribution is 2.34. The summed E-state index contributed by atoms with van der Waals surface area (Å²) < 4.78 is 39.1. The molecule has 0 radical (unpaired) electrons. The number of piperidine rings is 1. The molecule has 158 valence electrons. The first-order chi connectivity index (χ1) is 14.0. The summed E-state index contributed by atoms with van der Waals surface area (Å²) in [5.74, 6) is 0.241. The van der Waals surface area contributed by atoms with Crippen LogP contribution in [0.1, 0.15) is 39.5 Å². The van der Waals surface area contributed by atoms with Gasteiger partial charge in [-0.3, -0.25) is 4.79 Å². The minimum absolute atomic E-state index is 0.229. The van der Waals surface area contributed by atoms with Gasteiger partial charge in [-0.2, -0.15) is 4.31 Å². The van der Waals surface area contributed by atoms with Gasteiger partial charge in [-0.25, -0.2) is 8.42 Å². The lowest BCUT2D eigenvalue weighted by atomic mass is 9.98. The zero-order valence-electron chi connectivity index (χ0n) is 17.1. The molecule has 2 aromatic rings. The number of fused-ring (bicyclic) bond motifs is 1. The van der Waals surface area contributed by atoms with Gasteiger partial charge in [0, 0.05) is 23.9 Å². The highest BCUT2D eigenvalue weighted by molar-refractivity contribution is 7.89. The van der Waals surface area contributed by atoms with Crippen LogP contribution in [-0.2, 0) is 19.6 Å². The lowest BCUT2D eigenvalue weighted by molar-refractivity contribution is -0.149. The van der Waals surface area contributed by atoms with Crippen LogP contribution in [0.15, 0.2) is 41.3 Å². The number of unbranched alkanes of at least 4 members (excludes halogenated alkanes) is 1. The van der Waals surface area contributed by atoms with E-state index in [1.165, 1.54) is 4.31 Å². The molecule has 0 amide bonds. The molecular formula is C22H29NO5S.